The predicted molar refractivity (Wildman–Crippen MR) is 52.4 cm³/mol. The van der Waals surface area contributed by atoms with E-state index in [1.54, 1.807) is 6.26 Å². The molecule has 2 heteroatoms. The Kier molecular flexibility index (Phi) is 2.40. The molecule has 2 rings (SSSR count). The largest absolute Gasteiger partial charge is 0.472 e. The fraction of sp³-hybridized carbons (Fsp3) is 0.636. The molecule has 1 heterocycles. The maximum Gasteiger partial charge on any atom is 0.0950 e. The van der Waals surface area contributed by atoms with Crippen LogP contribution in [0.25, 0.3) is 0 Å². The Morgan fingerprint density at radius 3 is 3.08 bits per heavy atom. The van der Waals surface area contributed by atoms with Crippen molar-refractivity contribution in [3.63, 3.8) is 0 Å². The first-order valence-corrected chi connectivity index (χ1v) is 5.09. The monoisotopic (exact) mass is 179 g/mol. The average Bonchev–Trinajstić information content (AvgIpc) is 2.68. The molecule has 3 unspecified atom stereocenters. The van der Waals surface area contributed by atoms with Crippen molar-refractivity contribution in [1.82, 2.24) is 5.32 Å². The first-order valence-electron chi connectivity index (χ1n) is 5.09. The molecule has 1 aliphatic rings. The lowest BCUT2D eigenvalue weighted by Crippen LogP contribution is -2.21. The second-order valence-electron chi connectivity index (χ2n) is 3.96. The summed E-state index contributed by atoms with van der Waals surface area (Å²) < 4.78 is 5.05. The molecule has 1 aliphatic carbocycles. The van der Waals surface area contributed by atoms with Crippen LogP contribution in [-0.2, 0) is 0 Å². The molecule has 2 nitrogen and oxygen atoms in total. The van der Waals surface area contributed by atoms with Gasteiger partial charge in [-0.1, -0.05) is 13.3 Å². The van der Waals surface area contributed by atoms with Crippen LogP contribution >= 0.6 is 0 Å². The summed E-state index contributed by atoms with van der Waals surface area (Å²) in [4.78, 5) is 0. The Morgan fingerprint density at radius 1 is 1.69 bits per heavy atom. The van der Waals surface area contributed by atoms with Crippen LogP contribution in [0.4, 0.5) is 0 Å². The van der Waals surface area contributed by atoms with Crippen molar-refractivity contribution in [2.75, 3.05) is 0 Å². The summed E-state index contributed by atoms with van der Waals surface area (Å²) in [5.41, 5.74) is 1.25. The topological polar surface area (TPSA) is 25.2 Å². The van der Waals surface area contributed by atoms with E-state index in [9.17, 15) is 0 Å². The van der Waals surface area contributed by atoms with Gasteiger partial charge in [-0.2, -0.15) is 0 Å². The number of nitrogens with one attached hydrogen (secondary N) is 1. The highest BCUT2D eigenvalue weighted by molar-refractivity contribution is 5.11. The Bertz CT molecular complexity index is 255. The van der Waals surface area contributed by atoms with E-state index in [0.717, 1.165) is 12.0 Å². The van der Waals surface area contributed by atoms with Crippen molar-refractivity contribution in [2.24, 2.45) is 5.92 Å². The maximum absolute atomic E-state index is 5.05. The molecule has 0 spiro atoms. The zero-order valence-electron chi connectivity index (χ0n) is 8.29. The molecule has 1 saturated carbocycles. The van der Waals surface area contributed by atoms with Crippen LogP contribution in [0, 0.1) is 5.92 Å². The minimum Gasteiger partial charge on any atom is -0.472 e. The van der Waals surface area contributed by atoms with Crippen molar-refractivity contribution < 1.29 is 4.42 Å². The average molecular weight is 179 g/mol. The number of hydrogen-bond acceptors (Lipinski definition) is 2. The van der Waals surface area contributed by atoms with Crippen LogP contribution in [0.3, 0.4) is 0 Å². The van der Waals surface area contributed by atoms with Gasteiger partial charge in [0.1, 0.15) is 0 Å². The van der Waals surface area contributed by atoms with Gasteiger partial charge >= 0.3 is 0 Å². The number of furan rings is 1. The predicted octanol–water partition coefficient (Wildman–Crippen LogP) is 2.73. The van der Waals surface area contributed by atoms with Gasteiger partial charge in [0.2, 0.25) is 0 Å². The third kappa shape index (κ3) is 1.94. The van der Waals surface area contributed by atoms with E-state index in [1.807, 2.05) is 12.3 Å². The fourth-order valence-electron chi connectivity index (χ4n) is 1.84. The first kappa shape index (κ1) is 8.82. The van der Waals surface area contributed by atoms with Crippen LogP contribution in [-0.4, -0.2) is 6.04 Å². The molecule has 3 atom stereocenters. The van der Waals surface area contributed by atoms with Crippen molar-refractivity contribution in [2.45, 2.75) is 38.8 Å². The Balaban J connectivity index is 1.83. The summed E-state index contributed by atoms with van der Waals surface area (Å²) in [5.74, 6) is 0.911. The molecule has 0 radical (unpaired) electrons. The Hall–Kier alpha value is -0.760. The SMILES string of the molecule is CCC1CC1NC(C)c1ccoc1. The normalized spacial score (nSPS) is 28.8. The van der Waals surface area contributed by atoms with Crippen molar-refractivity contribution in [3.05, 3.63) is 24.2 Å². The van der Waals surface area contributed by atoms with E-state index < -0.39 is 0 Å². The Labute approximate surface area is 79.3 Å². The molecule has 1 aromatic heterocycles. The summed E-state index contributed by atoms with van der Waals surface area (Å²) in [6.07, 6.45) is 6.20. The molecule has 0 saturated heterocycles. The van der Waals surface area contributed by atoms with Gasteiger partial charge in [0.25, 0.3) is 0 Å². The molecule has 1 N–H and O–H groups in total. The molecule has 1 aromatic rings. The summed E-state index contributed by atoms with van der Waals surface area (Å²) in [5, 5.41) is 3.60. The summed E-state index contributed by atoms with van der Waals surface area (Å²) in [6, 6.07) is 3.20. The molecule has 72 valence electrons. The van der Waals surface area contributed by atoms with Crippen LogP contribution < -0.4 is 5.32 Å². The lowest BCUT2D eigenvalue weighted by Gasteiger charge is -2.10. The number of hydrogen-bond donors (Lipinski definition) is 1. The van der Waals surface area contributed by atoms with E-state index in [-0.39, 0.29) is 0 Å². The lowest BCUT2D eigenvalue weighted by atomic mass is 10.2. The number of rotatable bonds is 4. The minimum absolute atomic E-state index is 0.431. The van der Waals surface area contributed by atoms with Crippen LogP contribution in [0.2, 0.25) is 0 Å². The van der Waals surface area contributed by atoms with Gasteiger partial charge in [-0.3, -0.25) is 0 Å². The standard InChI is InChI=1S/C11H17NO/c1-3-9-6-11(9)12-8(2)10-4-5-13-7-10/h4-5,7-9,11-12H,3,6H2,1-2H3. The van der Waals surface area contributed by atoms with E-state index in [1.165, 1.54) is 18.4 Å². The molecule has 0 aliphatic heterocycles. The second-order valence-corrected chi connectivity index (χ2v) is 3.96. The van der Waals surface area contributed by atoms with Crippen molar-refractivity contribution in [3.8, 4) is 0 Å². The van der Waals surface area contributed by atoms with E-state index in [0.29, 0.717) is 6.04 Å². The highest BCUT2D eigenvalue weighted by atomic mass is 16.3. The van der Waals surface area contributed by atoms with Gasteiger partial charge in [0, 0.05) is 17.6 Å². The zero-order chi connectivity index (χ0) is 9.26. The minimum atomic E-state index is 0.431. The summed E-state index contributed by atoms with van der Waals surface area (Å²) in [6.45, 7) is 4.45. The van der Waals surface area contributed by atoms with Gasteiger partial charge in [0.15, 0.2) is 0 Å². The highest BCUT2D eigenvalue weighted by Gasteiger charge is 2.35. The van der Waals surface area contributed by atoms with Gasteiger partial charge < -0.3 is 9.73 Å². The summed E-state index contributed by atoms with van der Waals surface area (Å²) >= 11 is 0. The quantitative estimate of drug-likeness (QED) is 0.768. The van der Waals surface area contributed by atoms with Crippen molar-refractivity contribution in [1.29, 1.82) is 0 Å². The van der Waals surface area contributed by atoms with Crippen LogP contribution in [0.5, 0.6) is 0 Å². The van der Waals surface area contributed by atoms with E-state index in [2.05, 4.69) is 19.2 Å². The van der Waals surface area contributed by atoms with E-state index in [4.69, 9.17) is 4.42 Å². The smallest absolute Gasteiger partial charge is 0.0950 e. The third-order valence-corrected chi connectivity index (χ3v) is 2.95. The van der Waals surface area contributed by atoms with Gasteiger partial charge in [0.05, 0.1) is 12.5 Å². The van der Waals surface area contributed by atoms with Crippen LogP contribution in [0.1, 0.15) is 38.3 Å². The lowest BCUT2D eigenvalue weighted by molar-refractivity contribution is 0.521. The van der Waals surface area contributed by atoms with Gasteiger partial charge in [-0.05, 0) is 25.3 Å². The Morgan fingerprint density at radius 2 is 2.54 bits per heavy atom. The van der Waals surface area contributed by atoms with E-state index >= 15 is 0 Å². The molecular weight excluding hydrogens is 162 g/mol. The first-order chi connectivity index (χ1) is 6.31. The molecular formula is C11H17NO. The third-order valence-electron chi connectivity index (χ3n) is 2.95. The highest BCUT2D eigenvalue weighted by Crippen LogP contribution is 2.35. The summed E-state index contributed by atoms with van der Waals surface area (Å²) in [7, 11) is 0. The second kappa shape index (κ2) is 3.54. The van der Waals surface area contributed by atoms with Gasteiger partial charge in [-0.25, -0.2) is 0 Å². The zero-order valence-corrected chi connectivity index (χ0v) is 8.29. The molecule has 13 heavy (non-hydrogen) atoms. The van der Waals surface area contributed by atoms with Crippen LogP contribution in [0.15, 0.2) is 23.0 Å². The fourth-order valence-corrected chi connectivity index (χ4v) is 1.84. The molecule has 0 bridgehead atoms. The van der Waals surface area contributed by atoms with Crippen molar-refractivity contribution >= 4 is 0 Å². The molecule has 0 amide bonds. The van der Waals surface area contributed by atoms with Gasteiger partial charge in [-0.15, -0.1) is 0 Å². The molecule has 0 aromatic carbocycles. The maximum atomic E-state index is 5.05. The molecule has 1 fully saturated rings.